The summed E-state index contributed by atoms with van der Waals surface area (Å²) >= 11 is 3.44. The summed E-state index contributed by atoms with van der Waals surface area (Å²) in [6.45, 7) is 0. The Balaban J connectivity index is 2.21. The van der Waals surface area contributed by atoms with Gasteiger partial charge in [0.2, 0.25) is 0 Å². The van der Waals surface area contributed by atoms with E-state index in [1.54, 1.807) is 0 Å². The van der Waals surface area contributed by atoms with Crippen molar-refractivity contribution in [3.8, 4) is 5.82 Å². The van der Waals surface area contributed by atoms with Gasteiger partial charge in [-0.05, 0) is 46.3 Å². The summed E-state index contributed by atoms with van der Waals surface area (Å²) in [4.78, 5) is 9.09. The summed E-state index contributed by atoms with van der Waals surface area (Å²) in [5, 5.41) is 1.14. The van der Waals surface area contributed by atoms with Crippen molar-refractivity contribution in [3.63, 3.8) is 0 Å². The van der Waals surface area contributed by atoms with Crippen LogP contribution in [-0.2, 0) is 0 Å². The monoisotopic (exact) mass is 323 g/mol. The maximum absolute atomic E-state index is 4.57. The minimum atomic E-state index is 0.824. The molecule has 4 rings (SSSR count). The van der Waals surface area contributed by atoms with Gasteiger partial charge in [-0.3, -0.25) is 9.55 Å². The number of halogens is 1. The highest BCUT2D eigenvalue weighted by Gasteiger charge is 2.12. The summed E-state index contributed by atoms with van der Waals surface area (Å²) < 4.78 is 2.97. The number of pyridine rings is 2. The number of benzene rings is 1. The van der Waals surface area contributed by atoms with Crippen LogP contribution in [0.15, 0.2) is 65.4 Å². The average Bonchev–Trinajstić information content (AvgIpc) is 2.82. The third-order valence-electron chi connectivity index (χ3n) is 3.36. The Morgan fingerprint density at radius 2 is 1.70 bits per heavy atom. The number of hydrogen-bond acceptors (Lipinski definition) is 2. The molecule has 0 atom stereocenters. The van der Waals surface area contributed by atoms with Gasteiger partial charge in [0.15, 0.2) is 0 Å². The maximum atomic E-state index is 4.57. The van der Waals surface area contributed by atoms with Crippen LogP contribution in [0.5, 0.6) is 0 Å². The molecule has 0 fully saturated rings. The van der Waals surface area contributed by atoms with Gasteiger partial charge in [0.25, 0.3) is 0 Å². The summed E-state index contributed by atoms with van der Waals surface area (Å²) in [5.74, 6) is 0.888. The molecule has 0 N–H and O–H groups in total. The second-order valence-electron chi connectivity index (χ2n) is 4.54. The van der Waals surface area contributed by atoms with Crippen LogP contribution in [-0.4, -0.2) is 14.5 Å². The van der Waals surface area contributed by atoms with Crippen molar-refractivity contribution >= 4 is 37.9 Å². The Hall–Kier alpha value is -2.20. The van der Waals surface area contributed by atoms with E-state index in [2.05, 4.69) is 48.7 Å². The Morgan fingerprint density at radius 3 is 2.60 bits per heavy atom. The second-order valence-corrected chi connectivity index (χ2v) is 5.35. The quantitative estimate of drug-likeness (QED) is 0.488. The lowest BCUT2D eigenvalue weighted by atomic mass is 10.2. The highest BCUT2D eigenvalue weighted by atomic mass is 79.9. The smallest absolute Gasteiger partial charge is 0.138 e. The van der Waals surface area contributed by atoms with Crippen LogP contribution in [0.2, 0.25) is 0 Å². The molecule has 3 aromatic heterocycles. The molecule has 0 bridgehead atoms. The standard InChI is InChI=1S/C16H10BrN3/c17-14-8-3-9-15(19-14)20-12-6-2-1-5-11(12)16-13(20)7-4-10-18-16/h1-10H. The van der Waals surface area contributed by atoms with Gasteiger partial charge in [-0.1, -0.05) is 24.3 Å². The number of para-hydroxylation sites is 1. The lowest BCUT2D eigenvalue weighted by Crippen LogP contribution is -1.97. The zero-order valence-corrected chi connectivity index (χ0v) is 12.1. The molecule has 3 nitrogen and oxygen atoms in total. The fourth-order valence-electron chi connectivity index (χ4n) is 2.55. The molecular weight excluding hydrogens is 314 g/mol. The lowest BCUT2D eigenvalue weighted by molar-refractivity contribution is 1.06. The van der Waals surface area contributed by atoms with E-state index in [0.717, 1.165) is 32.4 Å². The number of hydrogen-bond donors (Lipinski definition) is 0. The van der Waals surface area contributed by atoms with Crippen LogP contribution in [0, 0.1) is 0 Å². The predicted molar refractivity (Wildman–Crippen MR) is 84.1 cm³/mol. The lowest BCUT2D eigenvalue weighted by Gasteiger charge is -2.06. The van der Waals surface area contributed by atoms with Gasteiger partial charge >= 0.3 is 0 Å². The molecule has 4 aromatic rings. The highest BCUT2D eigenvalue weighted by Crippen LogP contribution is 2.29. The minimum absolute atomic E-state index is 0.824. The van der Waals surface area contributed by atoms with Crippen molar-refractivity contribution in [2.75, 3.05) is 0 Å². The Morgan fingerprint density at radius 1 is 0.850 bits per heavy atom. The number of nitrogens with zero attached hydrogens (tertiary/aromatic N) is 3. The first kappa shape index (κ1) is 11.6. The van der Waals surface area contributed by atoms with E-state index in [1.165, 1.54) is 0 Å². The van der Waals surface area contributed by atoms with Crippen molar-refractivity contribution in [3.05, 3.63) is 65.4 Å². The zero-order valence-electron chi connectivity index (χ0n) is 10.5. The van der Waals surface area contributed by atoms with Crippen molar-refractivity contribution in [2.45, 2.75) is 0 Å². The van der Waals surface area contributed by atoms with Crippen molar-refractivity contribution in [1.29, 1.82) is 0 Å². The van der Waals surface area contributed by atoms with Crippen LogP contribution in [0.1, 0.15) is 0 Å². The van der Waals surface area contributed by atoms with Crippen molar-refractivity contribution in [2.24, 2.45) is 0 Å². The largest absolute Gasteiger partial charge is 0.292 e. The van der Waals surface area contributed by atoms with E-state index < -0.39 is 0 Å². The number of aromatic nitrogens is 3. The van der Waals surface area contributed by atoms with Crippen LogP contribution < -0.4 is 0 Å². The number of fused-ring (bicyclic) bond motifs is 3. The zero-order chi connectivity index (χ0) is 13.5. The summed E-state index contributed by atoms with van der Waals surface area (Å²) in [5.41, 5.74) is 3.19. The molecule has 20 heavy (non-hydrogen) atoms. The second kappa shape index (κ2) is 4.42. The molecule has 0 aliphatic rings. The Kier molecular flexibility index (Phi) is 2.57. The molecule has 0 spiro atoms. The minimum Gasteiger partial charge on any atom is -0.292 e. The Bertz CT molecular complexity index is 874. The van der Waals surface area contributed by atoms with E-state index in [9.17, 15) is 0 Å². The predicted octanol–water partition coefficient (Wildman–Crippen LogP) is 4.34. The first-order valence-electron chi connectivity index (χ1n) is 6.32. The Labute approximate surface area is 124 Å². The fourth-order valence-corrected chi connectivity index (χ4v) is 2.89. The molecule has 0 aliphatic heterocycles. The third kappa shape index (κ3) is 1.65. The van der Waals surface area contributed by atoms with Crippen molar-refractivity contribution < 1.29 is 0 Å². The highest BCUT2D eigenvalue weighted by molar-refractivity contribution is 9.10. The molecule has 0 unspecified atom stereocenters. The molecule has 96 valence electrons. The SMILES string of the molecule is Brc1cccc(-n2c3ccccc3c3ncccc32)n1. The van der Waals surface area contributed by atoms with Gasteiger partial charge in [0.05, 0.1) is 16.6 Å². The van der Waals surface area contributed by atoms with E-state index in [-0.39, 0.29) is 0 Å². The van der Waals surface area contributed by atoms with Crippen LogP contribution in [0.3, 0.4) is 0 Å². The van der Waals surface area contributed by atoms with E-state index >= 15 is 0 Å². The van der Waals surface area contributed by atoms with Gasteiger partial charge in [0, 0.05) is 11.6 Å². The molecule has 0 aliphatic carbocycles. The first-order valence-corrected chi connectivity index (χ1v) is 7.11. The summed E-state index contributed by atoms with van der Waals surface area (Å²) in [7, 11) is 0. The normalized spacial score (nSPS) is 11.2. The van der Waals surface area contributed by atoms with Crippen LogP contribution in [0.4, 0.5) is 0 Å². The molecule has 0 saturated carbocycles. The number of rotatable bonds is 1. The average molecular weight is 324 g/mol. The van der Waals surface area contributed by atoms with E-state index in [1.807, 2.05) is 42.6 Å². The summed E-state index contributed by atoms with van der Waals surface area (Å²) in [6, 6.07) is 18.2. The third-order valence-corrected chi connectivity index (χ3v) is 3.80. The van der Waals surface area contributed by atoms with E-state index in [0.29, 0.717) is 0 Å². The maximum Gasteiger partial charge on any atom is 0.138 e. The first-order chi connectivity index (χ1) is 9.84. The molecule has 3 heterocycles. The molecular formula is C16H10BrN3. The molecule has 1 aromatic carbocycles. The molecule has 0 amide bonds. The van der Waals surface area contributed by atoms with Gasteiger partial charge in [-0.25, -0.2) is 4.98 Å². The topological polar surface area (TPSA) is 30.7 Å². The fraction of sp³-hybridized carbons (Fsp3) is 0. The van der Waals surface area contributed by atoms with Gasteiger partial charge in [-0.15, -0.1) is 0 Å². The van der Waals surface area contributed by atoms with Gasteiger partial charge in [0.1, 0.15) is 10.4 Å². The van der Waals surface area contributed by atoms with Crippen LogP contribution in [0.25, 0.3) is 27.8 Å². The summed E-state index contributed by atoms with van der Waals surface area (Å²) in [6.07, 6.45) is 1.83. The van der Waals surface area contributed by atoms with Gasteiger partial charge in [-0.2, -0.15) is 0 Å². The van der Waals surface area contributed by atoms with Gasteiger partial charge < -0.3 is 0 Å². The molecule has 4 heteroatoms. The van der Waals surface area contributed by atoms with E-state index in [4.69, 9.17) is 0 Å². The van der Waals surface area contributed by atoms with Crippen molar-refractivity contribution in [1.82, 2.24) is 14.5 Å². The molecule has 0 saturated heterocycles. The van der Waals surface area contributed by atoms with Crippen LogP contribution >= 0.6 is 15.9 Å². The molecule has 0 radical (unpaired) electrons.